The van der Waals surface area contributed by atoms with Gasteiger partial charge in [0.05, 0.1) is 16.4 Å². The lowest BCUT2D eigenvalue weighted by Gasteiger charge is -2.30. The summed E-state index contributed by atoms with van der Waals surface area (Å²) < 4.78 is 0. The summed E-state index contributed by atoms with van der Waals surface area (Å²) in [5.41, 5.74) is 1.03. The number of nitro benzene ring substituents is 1. The van der Waals surface area contributed by atoms with Crippen molar-refractivity contribution in [3.8, 4) is 6.07 Å². The first-order valence-corrected chi connectivity index (χ1v) is 6.80. The van der Waals surface area contributed by atoms with E-state index in [0.29, 0.717) is 0 Å². The van der Waals surface area contributed by atoms with Crippen molar-refractivity contribution in [2.24, 2.45) is 5.41 Å². The van der Waals surface area contributed by atoms with Crippen LogP contribution in [0.1, 0.15) is 44.1 Å². The number of nitrogens with zero attached hydrogens (tertiary/aromatic N) is 2. The molecule has 0 bridgehead atoms. The second-order valence-electron chi connectivity index (χ2n) is 5.38. The Morgan fingerprint density at radius 2 is 1.84 bits per heavy atom. The predicted octanol–water partition coefficient (Wildman–Crippen LogP) is 4.00. The lowest BCUT2D eigenvalue weighted by molar-refractivity contribution is -0.384. The maximum Gasteiger partial charge on any atom is 0.269 e. The molecule has 1 saturated carbocycles. The Kier molecular flexibility index (Phi) is 4.16. The fourth-order valence-corrected chi connectivity index (χ4v) is 2.81. The van der Waals surface area contributed by atoms with Crippen LogP contribution < -0.4 is 0 Å². The molecule has 1 aliphatic rings. The Morgan fingerprint density at radius 1 is 1.21 bits per heavy atom. The van der Waals surface area contributed by atoms with E-state index in [1.807, 2.05) is 0 Å². The van der Waals surface area contributed by atoms with Crippen LogP contribution in [0.2, 0.25) is 0 Å². The monoisotopic (exact) mass is 258 g/mol. The van der Waals surface area contributed by atoms with Crippen LogP contribution in [0.25, 0.3) is 0 Å². The van der Waals surface area contributed by atoms with E-state index in [9.17, 15) is 15.4 Å². The van der Waals surface area contributed by atoms with E-state index in [1.54, 1.807) is 12.1 Å². The summed E-state index contributed by atoms with van der Waals surface area (Å²) in [5, 5.41) is 20.0. The molecule has 0 unspecified atom stereocenters. The Labute approximate surface area is 113 Å². The van der Waals surface area contributed by atoms with Crippen LogP contribution in [0.15, 0.2) is 24.3 Å². The first-order valence-electron chi connectivity index (χ1n) is 6.80. The minimum atomic E-state index is -0.387. The van der Waals surface area contributed by atoms with E-state index >= 15 is 0 Å². The molecular weight excluding hydrogens is 240 g/mol. The lowest BCUT2D eigenvalue weighted by atomic mass is 9.72. The number of hydrogen-bond acceptors (Lipinski definition) is 3. The van der Waals surface area contributed by atoms with E-state index in [2.05, 4.69) is 6.07 Å². The molecule has 1 fully saturated rings. The summed E-state index contributed by atoms with van der Waals surface area (Å²) in [6.07, 6.45) is 7.21. The Bertz CT molecular complexity index is 482. The van der Waals surface area contributed by atoms with Crippen molar-refractivity contribution < 1.29 is 4.92 Å². The van der Waals surface area contributed by atoms with Gasteiger partial charge in [0.15, 0.2) is 0 Å². The molecule has 0 spiro atoms. The van der Waals surface area contributed by atoms with E-state index in [1.165, 1.54) is 18.6 Å². The number of nitro groups is 1. The highest BCUT2D eigenvalue weighted by Crippen LogP contribution is 2.39. The van der Waals surface area contributed by atoms with Gasteiger partial charge < -0.3 is 0 Å². The summed E-state index contributed by atoms with van der Waals surface area (Å²) in [4.78, 5) is 10.2. The van der Waals surface area contributed by atoms with Gasteiger partial charge in [0.2, 0.25) is 0 Å². The Morgan fingerprint density at radius 3 is 2.37 bits per heavy atom. The average molecular weight is 258 g/mol. The van der Waals surface area contributed by atoms with Gasteiger partial charge in [0.1, 0.15) is 0 Å². The van der Waals surface area contributed by atoms with Gasteiger partial charge in [0.25, 0.3) is 5.69 Å². The van der Waals surface area contributed by atoms with Crippen molar-refractivity contribution in [2.75, 3.05) is 0 Å². The third kappa shape index (κ3) is 3.31. The molecule has 0 heterocycles. The zero-order valence-electron chi connectivity index (χ0n) is 11.0. The van der Waals surface area contributed by atoms with Crippen LogP contribution >= 0.6 is 0 Å². The highest BCUT2D eigenvalue weighted by molar-refractivity contribution is 5.33. The number of benzene rings is 1. The highest BCUT2D eigenvalue weighted by Gasteiger charge is 2.31. The van der Waals surface area contributed by atoms with Gasteiger partial charge in [-0.25, -0.2) is 0 Å². The second kappa shape index (κ2) is 5.83. The van der Waals surface area contributed by atoms with Gasteiger partial charge in [-0.3, -0.25) is 10.1 Å². The quantitative estimate of drug-likeness (QED) is 0.605. The zero-order valence-corrected chi connectivity index (χ0v) is 11.0. The van der Waals surface area contributed by atoms with Gasteiger partial charge >= 0.3 is 0 Å². The first-order chi connectivity index (χ1) is 9.15. The molecular formula is C15H18N2O2. The molecule has 0 aliphatic heterocycles. The van der Waals surface area contributed by atoms with Gasteiger partial charge in [-0.1, -0.05) is 31.4 Å². The molecule has 1 aromatic rings. The van der Waals surface area contributed by atoms with Gasteiger partial charge in [-0.05, 0) is 31.2 Å². The minimum absolute atomic E-state index is 0.122. The summed E-state index contributed by atoms with van der Waals surface area (Å²) in [6.45, 7) is 0. The largest absolute Gasteiger partial charge is 0.269 e. The van der Waals surface area contributed by atoms with Crippen molar-refractivity contribution in [1.82, 2.24) is 0 Å². The van der Waals surface area contributed by atoms with Crippen LogP contribution in [0.3, 0.4) is 0 Å². The van der Waals surface area contributed by atoms with E-state index in [0.717, 1.165) is 44.1 Å². The Balaban J connectivity index is 1.97. The van der Waals surface area contributed by atoms with Gasteiger partial charge in [-0.2, -0.15) is 5.26 Å². The number of non-ortho nitro benzene ring substituents is 1. The van der Waals surface area contributed by atoms with Crippen molar-refractivity contribution in [3.05, 3.63) is 39.9 Å². The molecule has 4 heteroatoms. The van der Waals surface area contributed by atoms with Crippen LogP contribution in [0.4, 0.5) is 5.69 Å². The smallest absolute Gasteiger partial charge is 0.258 e. The van der Waals surface area contributed by atoms with Crippen LogP contribution in [0.5, 0.6) is 0 Å². The molecule has 0 atom stereocenters. The molecule has 1 aromatic carbocycles. The topological polar surface area (TPSA) is 66.9 Å². The maximum atomic E-state index is 10.6. The SMILES string of the molecule is N#CC1(CCc2ccc([N+](=O)[O-])cc2)CCCCC1. The summed E-state index contributed by atoms with van der Waals surface area (Å²) in [6, 6.07) is 9.18. The highest BCUT2D eigenvalue weighted by atomic mass is 16.6. The molecule has 0 N–H and O–H groups in total. The third-order valence-electron chi connectivity index (χ3n) is 4.09. The molecule has 4 nitrogen and oxygen atoms in total. The maximum absolute atomic E-state index is 10.6. The normalized spacial score (nSPS) is 17.6. The van der Waals surface area contributed by atoms with Crippen molar-refractivity contribution in [2.45, 2.75) is 44.9 Å². The number of aryl methyl sites for hydroxylation is 1. The van der Waals surface area contributed by atoms with Gasteiger partial charge in [0, 0.05) is 12.1 Å². The van der Waals surface area contributed by atoms with Crippen molar-refractivity contribution in [1.29, 1.82) is 5.26 Å². The van der Waals surface area contributed by atoms with Gasteiger partial charge in [-0.15, -0.1) is 0 Å². The Hall–Kier alpha value is -1.89. The average Bonchev–Trinajstić information content (AvgIpc) is 2.46. The first kappa shape index (κ1) is 13.5. The fraction of sp³-hybridized carbons (Fsp3) is 0.533. The lowest BCUT2D eigenvalue weighted by Crippen LogP contribution is -2.22. The number of nitriles is 1. The number of rotatable bonds is 4. The van der Waals surface area contributed by atoms with Crippen LogP contribution in [0, 0.1) is 26.9 Å². The zero-order chi connectivity index (χ0) is 13.7. The van der Waals surface area contributed by atoms with E-state index in [-0.39, 0.29) is 16.0 Å². The molecule has 2 rings (SSSR count). The van der Waals surface area contributed by atoms with Crippen LogP contribution in [-0.4, -0.2) is 4.92 Å². The molecule has 0 amide bonds. The molecule has 19 heavy (non-hydrogen) atoms. The summed E-state index contributed by atoms with van der Waals surface area (Å²) >= 11 is 0. The minimum Gasteiger partial charge on any atom is -0.258 e. The third-order valence-corrected chi connectivity index (χ3v) is 4.09. The molecule has 1 aliphatic carbocycles. The van der Waals surface area contributed by atoms with Crippen molar-refractivity contribution in [3.63, 3.8) is 0 Å². The predicted molar refractivity (Wildman–Crippen MR) is 72.5 cm³/mol. The number of hydrogen-bond donors (Lipinski definition) is 0. The summed E-state index contributed by atoms with van der Waals surface area (Å²) in [5.74, 6) is 0. The standard InChI is InChI=1S/C15H18N2O2/c16-12-15(9-2-1-3-10-15)11-8-13-4-6-14(7-5-13)17(18)19/h4-7H,1-3,8-11H2. The molecule has 0 saturated heterocycles. The van der Waals surface area contributed by atoms with E-state index in [4.69, 9.17) is 0 Å². The van der Waals surface area contributed by atoms with Crippen LogP contribution in [-0.2, 0) is 6.42 Å². The second-order valence-corrected chi connectivity index (χ2v) is 5.38. The van der Waals surface area contributed by atoms with Crippen molar-refractivity contribution >= 4 is 5.69 Å². The molecule has 0 radical (unpaired) electrons. The fourth-order valence-electron chi connectivity index (χ4n) is 2.81. The summed E-state index contributed by atoms with van der Waals surface area (Å²) in [7, 11) is 0. The molecule has 0 aromatic heterocycles. The van der Waals surface area contributed by atoms with E-state index < -0.39 is 0 Å². The molecule has 100 valence electrons.